The number of halogens is 2. The molecule has 0 fully saturated rings. The first-order valence-corrected chi connectivity index (χ1v) is 5.98. The molecule has 2 rings (SSSR count). The molecule has 0 aliphatic carbocycles. The average molecular weight is 282 g/mol. The Morgan fingerprint density at radius 3 is 2.68 bits per heavy atom. The SMILES string of the molecule is COc1ccc(COc2cc(N)ccc2Cl)c(F)c1. The van der Waals surface area contributed by atoms with Crippen LogP contribution in [0.25, 0.3) is 0 Å². The lowest BCUT2D eigenvalue weighted by atomic mass is 10.2. The highest BCUT2D eigenvalue weighted by atomic mass is 35.5. The minimum Gasteiger partial charge on any atom is -0.497 e. The normalized spacial score (nSPS) is 10.3. The summed E-state index contributed by atoms with van der Waals surface area (Å²) < 4.78 is 24.1. The van der Waals surface area contributed by atoms with Crippen molar-refractivity contribution in [3.63, 3.8) is 0 Å². The van der Waals surface area contributed by atoms with E-state index in [2.05, 4.69) is 0 Å². The molecule has 0 amide bonds. The number of anilines is 1. The first-order valence-electron chi connectivity index (χ1n) is 5.60. The van der Waals surface area contributed by atoms with Crippen LogP contribution in [-0.4, -0.2) is 7.11 Å². The lowest BCUT2D eigenvalue weighted by molar-refractivity contribution is 0.299. The van der Waals surface area contributed by atoms with Gasteiger partial charge >= 0.3 is 0 Å². The third kappa shape index (κ3) is 3.29. The van der Waals surface area contributed by atoms with Gasteiger partial charge in [0.1, 0.15) is 23.9 Å². The monoisotopic (exact) mass is 281 g/mol. The minimum absolute atomic E-state index is 0.0685. The van der Waals surface area contributed by atoms with Crippen LogP contribution >= 0.6 is 11.6 Å². The molecule has 2 aromatic carbocycles. The van der Waals surface area contributed by atoms with Crippen molar-refractivity contribution in [2.24, 2.45) is 0 Å². The molecule has 0 aliphatic heterocycles. The summed E-state index contributed by atoms with van der Waals surface area (Å²) in [6, 6.07) is 9.49. The molecular weight excluding hydrogens is 269 g/mol. The van der Waals surface area contributed by atoms with Gasteiger partial charge < -0.3 is 15.2 Å². The molecule has 3 nitrogen and oxygen atoms in total. The van der Waals surface area contributed by atoms with Crippen LogP contribution < -0.4 is 15.2 Å². The van der Waals surface area contributed by atoms with Crippen molar-refractivity contribution in [2.45, 2.75) is 6.61 Å². The predicted molar refractivity (Wildman–Crippen MR) is 73.1 cm³/mol. The van der Waals surface area contributed by atoms with Crippen LogP contribution in [0.1, 0.15) is 5.56 Å². The zero-order chi connectivity index (χ0) is 13.8. The van der Waals surface area contributed by atoms with E-state index in [1.165, 1.54) is 13.2 Å². The van der Waals surface area contributed by atoms with Crippen LogP contribution in [-0.2, 0) is 6.61 Å². The fourth-order valence-corrected chi connectivity index (χ4v) is 1.73. The topological polar surface area (TPSA) is 44.5 Å². The molecule has 2 aromatic rings. The highest BCUT2D eigenvalue weighted by Gasteiger charge is 2.07. The molecule has 100 valence electrons. The van der Waals surface area contributed by atoms with E-state index in [0.717, 1.165) is 0 Å². The van der Waals surface area contributed by atoms with Crippen LogP contribution in [0.15, 0.2) is 36.4 Å². The number of methoxy groups -OCH3 is 1. The van der Waals surface area contributed by atoms with Crippen molar-refractivity contribution in [2.75, 3.05) is 12.8 Å². The van der Waals surface area contributed by atoms with E-state index in [1.54, 1.807) is 30.3 Å². The fourth-order valence-electron chi connectivity index (χ4n) is 1.56. The number of benzene rings is 2. The Kier molecular flexibility index (Phi) is 4.12. The van der Waals surface area contributed by atoms with Gasteiger partial charge in [0.15, 0.2) is 0 Å². The predicted octanol–water partition coefficient (Wildman–Crippen LogP) is 3.65. The third-order valence-electron chi connectivity index (χ3n) is 2.60. The molecule has 0 radical (unpaired) electrons. The molecule has 0 saturated heterocycles. The molecule has 5 heteroatoms. The molecular formula is C14H13ClFNO2. The number of ether oxygens (including phenoxy) is 2. The first kappa shape index (κ1) is 13.5. The number of rotatable bonds is 4. The van der Waals surface area contributed by atoms with Gasteiger partial charge in [0.25, 0.3) is 0 Å². The maximum absolute atomic E-state index is 13.7. The van der Waals surface area contributed by atoms with E-state index in [-0.39, 0.29) is 12.4 Å². The van der Waals surface area contributed by atoms with E-state index < -0.39 is 0 Å². The summed E-state index contributed by atoms with van der Waals surface area (Å²) in [6.45, 7) is 0.0685. The maximum Gasteiger partial charge on any atom is 0.140 e. The van der Waals surface area contributed by atoms with Crippen molar-refractivity contribution in [1.29, 1.82) is 0 Å². The van der Waals surface area contributed by atoms with Crippen LogP contribution in [0.5, 0.6) is 11.5 Å². The highest BCUT2D eigenvalue weighted by Crippen LogP contribution is 2.27. The molecule has 2 N–H and O–H groups in total. The van der Waals surface area contributed by atoms with E-state index in [9.17, 15) is 4.39 Å². The van der Waals surface area contributed by atoms with Gasteiger partial charge in [-0.2, -0.15) is 0 Å². The third-order valence-corrected chi connectivity index (χ3v) is 2.91. The summed E-state index contributed by atoms with van der Waals surface area (Å²) in [5.74, 6) is 0.500. The second-order valence-corrected chi connectivity index (χ2v) is 4.34. The number of hydrogen-bond acceptors (Lipinski definition) is 3. The van der Waals surface area contributed by atoms with Gasteiger partial charge in [0, 0.05) is 23.4 Å². The largest absolute Gasteiger partial charge is 0.497 e. The van der Waals surface area contributed by atoms with Crippen LogP contribution in [0.2, 0.25) is 5.02 Å². The van der Waals surface area contributed by atoms with Crippen molar-refractivity contribution in [1.82, 2.24) is 0 Å². The van der Waals surface area contributed by atoms with E-state index >= 15 is 0 Å². The summed E-state index contributed by atoms with van der Waals surface area (Å²) in [6.07, 6.45) is 0. The Hall–Kier alpha value is -1.94. The smallest absolute Gasteiger partial charge is 0.140 e. The van der Waals surface area contributed by atoms with Gasteiger partial charge in [-0.1, -0.05) is 11.6 Å². The molecule has 0 aromatic heterocycles. The number of hydrogen-bond donors (Lipinski definition) is 1. The summed E-state index contributed by atoms with van der Waals surface area (Å²) in [7, 11) is 1.48. The molecule has 0 saturated carbocycles. The Bertz CT molecular complexity index is 590. The van der Waals surface area contributed by atoms with E-state index in [0.29, 0.717) is 27.8 Å². The summed E-state index contributed by atoms with van der Waals surface area (Å²) in [5.41, 5.74) is 6.59. The number of nitrogens with two attached hydrogens (primary N) is 1. The van der Waals surface area contributed by atoms with Crippen molar-refractivity contribution < 1.29 is 13.9 Å². The van der Waals surface area contributed by atoms with Crippen LogP contribution in [0, 0.1) is 5.82 Å². The van der Waals surface area contributed by atoms with E-state index in [4.69, 9.17) is 26.8 Å². The Labute approximate surface area is 115 Å². The molecule has 0 bridgehead atoms. The number of nitrogen functional groups attached to an aromatic ring is 1. The molecule has 0 unspecified atom stereocenters. The van der Waals surface area contributed by atoms with Crippen LogP contribution in [0.3, 0.4) is 0 Å². The first-order chi connectivity index (χ1) is 9.10. The molecule has 0 spiro atoms. The van der Waals surface area contributed by atoms with Gasteiger partial charge in [-0.25, -0.2) is 4.39 Å². The van der Waals surface area contributed by atoms with Crippen LogP contribution in [0.4, 0.5) is 10.1 Å². The Morgan fingerprint density at radius 2 is 2.00 bits per heavy atom. The van der Waals surface area contributed by atoms with E-state index in [1.807, 2.05) is 0 Å². The van der Waals surface area contributed by atoms with Gasteiger partial charge in [-0.05, 0) is 24.3 Å². The highest BCUT2D eigenvalue weighted by molar-refractivity contribution is 6.32. The Morgan fingerprint density at radius 1 is 1.21 bits per heavy atom. The summed E-state index contributed by atoms with van der Waals surface area (Å²) in [4.78, 5) is 0. The zero-order valence-corrected chi connectivity index (χ0v) is 11.1. The van der Waals surface area contributed by atoms with Crippen molar-refractivity contribution >= 4 is 17.3 Å². The summed E-state index contributed by atoms with van der Waals surface area (Å²) >= 11 is 5.96. The van der Waals surface area contributed by atoms with Gasteiger partial charge in [0.2, 0.25) is 0 Å². The van der Waals surface area contributed by atoms with Crippen molar-refractivity contribution in [3.8, 4) is 11.5 Å². The lowest BCUT2D eigenvalue weighted by Gasteiger charge is -2.10. The molecule has 0 heterocycles. The quantitative estimate of drug-likeness (QED) is 0.870. The van der Waals surface area contributed by atoms with Gasteiger partial charge in [-0.15, -0.1) is 0 Å². The van der Waals surface area contributed by atoms with Crippen molar-refractivity contribution in [3.05, 3.63) is 52.8 Å². The fraction of sp³-hybridized carbons (Fsp3) is 0.143. The molecule has 0 atom stereocenters. The minimum atomic E-state index is -0.389. The maximum atomic E-state index is 13.7. The zero-order valence-electron chi connectivity index (χ0n) is 10.3. The Balaban J connectivity index is 2.12. The second kappa shape index (κ2) is 5.80. The molecule has 0 aliphatic rings. The van der Waals surface area contributed by atoms with Gasteiger partial charge in [-0.3, -0.25) is 0 Å². The summed E-state index contributed by atoms with van der Waals surface area (Å²) in [5, 5.41) is 0.433. The van der Waals surface area contributed by atoms with Gasteiger partial charge in [0.05, 0.1) is 12.1 Å². The standard InChI is InChI=1S/C14H13ClFNO2/c1-18-11-4-2-9(13(16)7-11)8-19-14-6-10(17)3-5-12(14)15/h2-7H,8,17H2,1H3. The second-order valence-electron chi connectivity index (χ2n) is 3.94. The average Bonchev–Trinajstić information content (AvgIpc) is 2.40. The molecule has 19 heavy (non-hydrogen) atoms. The lowest BCUT2D eigenvalue weighted by Crippen LogP contribution is -2.00.